The third-order valence-corrected chi connectivity index (χ3v) is 2.53. The van der Waals surface area contributed by atoms with E-state index in [0.717, 1.165) is 12.1 Å². The van der Waals surface area contributed by atoms with E-state index in [-0.39, 0.29) is 5.69 Å². The Hall–Kier alpha value is -3.36. The number of hydrogen-bond donors (Lipinski definition) is 1. The molecule has 0 spiro atoms. The second-order valence-electron chi connectivity index (χ2n) is 3.98. The highest BCUT2D eigenvalue weighted by molar-refractivity contribution is 5.60. The summed E-state index contributed by atoms with van der Waals surface area (Å²) in [5.74, 6) is 0. The Balaban J connectivity index is 2.32. The molecule has 0 amide bonds. The lowest BCUT2D eigenvalue weighted by molar-refractivity contribution is -0.422. The summed E-state index contributed by atoms with van der Waals surface area (Å²) in [4.78, 5) is 19.8. The molecule has 0 aliphatic heterocycles. The van der Waals surface area contributed by atoms with Crippen LogP contribution in [0, 0.1) is 20.2 Å². The maximum absolute atomic E-state index is 10.8. The second kappa shape index (κ2) is 5.74. The van der Waals surface area contributed by atoms with Crippen molar-refractivity contribution in [1.29, 1.82) is 0 Å². The molecule has 0 radical (unpaired) electrons. The fourth-order valence-electron chi connectivity index (χ4n) is 1.53. The second-order valence-corrected chi connectivity index (χ2v) is 3.98. The van der Waals surface area contributed by atoms with Crippen molar-refractivity contribution >= 4 is 28.4 Å². The molecule has 2 N–H and O–H groups in total. The molecule has 0 heterocycles. The number of anilines is 1. The maximum atomic E-state index is 10.8. The Bertz CT molecular complexity index is 727. The Morgan fingerprint density at radius 3 is 1.90 bits per heavy atom. The summed E-state index contributed by atoms with van der Waals surface area (Å²) in [6, 6.07) is 9.82. The zero-order chi connectivity index (χ0) is 15.4. The Morgan fingerprint density at radius 2 is 1.33 bits per heavy atom. The zero-order valence-corrected chi connectivity index (χ0v) is 10.5. The van der Waals surface area contributed by atoms with Gasteiger partial charge in [-0.25, -0.2) is 0 Å². The number of nitro groups is 2. The largest absolute Gasteiger partial charge is 0.399 e. The van der Waals surface area contributed by atoms with Gasteiger partial charge in [0.2, 0.25) is 0 Å². The molecule has 21 heavy (non-hydrogen) atoms. The van der Waals surface area contributed by atoms with E-state index in [1.165, 1.54) is 6.07 Å². The van der Waals surface area contributed by atoms with Gasteiger partial charge in [0.25, 0.3) is 0 Å². The number of nitrogens with two attached hydrogens (primary N) is 1. The van der Waals surface area contributed by atoms with E-state index in [4.69, 9.17) is 5.73 Å². The minimum atomic E-state index is -0.833. The molecule has 2 aromatic carbocycles. The molecule has 0 atom stereocenters. The highest BCUT2D eigenvalue weighted by Gasteiger charge is 2.24. The molecule has 0 aliphatic carbocycles. The van der Waals surface area contributed by atoms with Crippen LogP contribution in [0.25, 0.3) is 0 Å². The number of rotatable bonds is 4. The van der Waals surface area contributed by atoms with Gasteiger partial charge in [-0.05, 0) is 30.3 Å². The highest BCUT2D eigenvalue weighted by Crippen LogP contribution is 2.31. The number of nitrogens with zero attached hydrogens (tertiary/aromatic N) is 4. The van der Waals surface area contributed by atoms with Gasteiger partial charge in [0.05, 0.1) is 27.3 Å². The van der Waals surface area contributed by atoms with Crippen LogP contribution in [0.3, 0.4) is 0 Å². The molecule has 0 bridgehead atoms. The lowest BCUT2D eigenvalue weighted by Crippen LogP contribution is -1.95. The molecule has 106 valence electrons. The summed E-state index contributed by atoms with van der Waals surface area (Å²) in [6.45, 7) is 0. The normalized spacial score (nSPS) is 10.7. The minimum absolute atomic E-state index is 0.143. The Labute approximate surface area is 118 Å². The summed E-state index contributed by atoms with van der Waals surface area (Å²) in [5, 5.41) is 29.2. The number of nitro benzene ring substituents is 2. The molecule has 9 heteroatoms. The van der Waals surface area contributed by atoms with E-state index < -0.39 is 21.2 Å². The summed E-state index contributed by atoms with van der Waals surface area (Å²) in [7, 11) is 0. The molecule has 2 aromatic rings. The first-order chi connectivity index (χ1) is 9.97. The van der Waals surface area contributed by atoms with Crippen molar-refractivity contribution in [3.63, 3.8) is 0 Å². The molecular weight excluding hydrogens is 278 g/mol. The molecule has 0 unspecified atom stereocenters. The summed E-state index contributed by atoms with van der Waals surface area (Å²) >= 11 is 0. The van der Waals surface area contributed by atoms with Gasteiger partial charge in [0.1, 0.15) is 0 Å². The van der Waals surface area contributed by atoms with Gasteiger partial charge in [-0.1, -0.05) is 0 Å². The van der Waals surface area contributed by atoms with Gasteiger partial charge < -0.3 is 5.73 Å². The van der Waals surface area contributed by atoms with Crippen molar-refractivity contribution < 1.29 is 9.85 Å². The first kappa shape index (κ1) is 14.1. The van der Waals surface area contributed by atoms with E-state index >= 15 is 0 Å². The van der Waals surface area contributed by atoms with Crippen LogP contribution in [-0.2, 0) is 0 Å². The fourth-order valence-corrected chi connectivity index (χ4v) is 1.53. The molecule has 2 rings (SSSR count). The van der Waals surface area contributed by atoms with E-state index in [1.54, 1.807) is 24.3 Å². The predicted molar refractivity (Wildman–Crippen MR) is 74.8 cm³/mol. The monoisotopic (exact) mass is 287 g/mol. The topological polar surface area (TPSA) is 137 Å². The molecule has 9 nitrogen and oxygen atoms in total. The zero-order valence-electron chi connectivity index (χ0n) is 10.5. The van der Waals surface area contributed by atoms with Crippen molar-refractivity contribution in [2.75, 3.05) is 5.73 Å². The van der Waals surface area contributed by atoms with Crippen molar-refractivity contribution in [2.45, 2.75) is 0 Å². The average molecular weight is 287 g/mol. The third kappa shape index (κ3) is 3.35. The van der Waals surface area contributed by atoms with Crippen LogP contribution in [0.1, 0.15) is 0 Å². The van der Waals surface area contributed by atoms with Gasteiger partial charge in [0.15, 0.2) is 0 Å². The SMILES string of the molecule is Nc1ccc(N=Nc2ccc([N+](=O)[O-])c([N+](=O)[O-])c2)cc1. The van der Waals surface area contributed by atoms with Gasteiger partial charge in [-0.2, -0.15) is 10.2 Å². The van der Waals surface area contributed by atoms with E-state index in [2.05, 4.69) is 10.2 Å². The Kier molecular flexibility index (Phi) is 3.84. The number of benzene rings is 2. The first-order valence-corrected chi connectivity index (χ1v) is 5.67. The van der Waals surface area contributed by atoms with Crippen molar-refractivity contribution in [3.05, 3.63) is 62.7 Å². The summed E-state index contributed by atoms with van der Waals surface area (Å²) in [6.07, 6.45) is 0. The molecular formula is C12H9N5O4. The minimum Gasteiger partial charge on any atom is -0.399 e. The number of hydrogen-bond acceptors (Lipinski definition) is 7. The quantitative estimate of drug-likeness (QED) is 0.397. The lowest BCUT2D eigenvalue weighted by atomic mass is 10.2. The smallest absolute Gasteiger partial charge is 0.348 e. The molecule has 0 fully saturated rings. The van der Waals surface area contributed by atoms with Gasteiger partial charge in [-0.15, -0.1) is 0 Å². The predicted octanol–water partition coefficient (Wildman–Crippen LogP) is 3.50. The number of nitrogen functional groups attached to an aromatic ring is 1. The molecule has 0 saturated carbocycles. The molecule has 0 saturated heterocycles. The van der Waals surface area contributed by atoms with Crippen molar-refractivity contribution in [2.24, 2.45) is 10.2 Å². The maximum Gasteiger partial charge on any atom is 0.348 e. The summed E-state index contributed by atoms with van der Waals surface area (Å²) in [5.41, 5.74) is 5.52. The van der Waals surface area contributed by atoms with Gasteiger partial charge >= 0.3 is 11.4 Å². The summed E-state index contributed by atoms with van der Waals surface area (Å²) < 4.78 is 0. The van der Waals surface area contributed by atoms with Crippen LogP contribution in [-0.4, -0.2) is 9.85 Å². The van der Waals surface area contributed by atoms with Crippen LogP contribution < -0.4 is 5.73 Å². The lowest BCUT2D eigenvalue weighted by Gasteiger charge is -1.97. The van der Waals surface area contributed by atoms with Gasteiger partial charge in [-0.3, -0.25) is 20.2 Å². The van der Waals surface area contributed by atoms with Crippen molar-refractivity contribution in [1.82, 2.24) is 0 Å². The third-order valence-electron chi connectivity index (χ3n) is 2.53. The van der Waals surface area contributed by atoms with Crippen molar-refractivity contribution in [3.8, 4) is 0 Å². The van der Waals surface area contributed by atoms with E-state index in [9.17, 15) is 20.2 Å². The van der Waals surface area contributed by atoms with Crippen LogP contribution in [0.2, 0.25) is 0 Å². The first-order valence-electron chi connectivity index (χ1n) is 5.67. The van der Waals surface area contributed by atoms with Gasteiger partial charge in [0, 0.05) is 11.8 Å². The molecule has 0 aromatic heterocycles. The molecule has 0 aliphatic rings. The van der Waals surface area contributed by atoms with Crippen LogP contribution in [0.5, 0.6) is 0 Å². The Morgan fingerprint density at radius 1 is 0.810 bits per heavy atom. The van der Waals surface area contributed by atoms with Crippen LogP contribution >= 0.6 is 0 Å². The average Bonchev–Trinajstić information content (AvgIpc) is 2.46. The fraction of sp³-hybridized carbons (Fsp3) is 0. The van der Waals surface area contributed by atoms with Crippen LogP contribution in [0.15, 0.2) is 52.7 Å². The highest BCUT2D eigenvalue weighted by atomic mass is 16.6. The van der Waals surface area contributed by atoms with E-state index in [0.29, 0.717) is 11.4 Å². The van der Waals surface area contributed by atoms with E-state index in [1.807, 2.05) is 0 Å². The van der Waals surface area contributed by atoms with Crippen LogP contribution in [0.4, 0.5) is 28.4 Å². The number of azo groups is 1. The standard InChI is InChI=1S/C12H9N5O4/c13-8-1-3-9(4-2-8)14-15-10-5-6-11(16(18)19)12(7-10)17(20)21/h1-7H,13H2.